The van der Waals surface area contributed by atoms with E-state index in [0.29, 0.717) is 5.56 Å². The molecule has 0 atom stereocenters. The number of rotatable bonds is 8. The van der Waals surface area contributed by atoms with Crippen LogP contribution in [0.2, 0.25) is 0 Å². The van der Waals surface area contributed by atoms with E-state index >= 15 is 0 Å². The maximum atomic E-state index is 12.7. The van der Waals surface area contributed by atoms with E-state index in [2.05, 4.69) is 10.0 Å². The number of sulfonamides is 1. The zero-order valence-corrected chi connectivity index (χ0v) is 16.9. The lowest BCUT2D eigenvalue weighted by Gasteiger charge is -2.12. The van der Waals surface area contributed by atoms with Crippen molar-refractivity contribution in [2.24, 2.45) is 0 Å². The molecule has 0 saturated heterocycles. The van der Waals surface area contributed by atoms with Gasteiger partial charge in [-0.3, -0.25) is 4.79 Å². The standard InChI is InChI=1S/C20H24N2O5S/c1-14(2)22-19(23)13-27-20(24)17-10-9-15(3)18(11-17)28(25,26)21-12-16-7-5-4-6-8-16/h4-11,14,21H,12-13H2,1-3H3,(H,22,23). The molecule has 2 rings (SSSR count). The molecule has 0 aliphatic carbocycles. The average molecular weight is 404 g/mol. The Bertz CT molecular complexity index is 940. The Morgan fingerprint density at radius 3 is 2.39 bits per heavy atom. The van der Waals surface area contributed by atoms with Crippen LogP contribution in [-0.2, 0) is 26.1 Å². The number of carbonyl (C=O) groups is 2. The van der Waals surface area contributed by atoms with E-state index in [4.69, 9.17) is 4.74 Å². The molecular formula is C20H24N2O5S. The summed E-state index contributed by atoms with van der Waals surface area (Å²) in [6, 6.07) is 13.3. The summed E-state index contributed by atoms with van der Waals surface area (Å²) in [5.74, 6) is -1.19. The summed E-state index contributed by atoms with van der Waals surface area (Å²) >= 11 is 0. The van der Waals surface area contributed by atoms with Gasteiger partial charge in [-0.15, -0.1) is 0 Å². The molecule has 8 heteroatoms. The maximum Gasteiger partial charge on any atom is 0.338 e. The van der Waals surface area contributed by atoms with Crippen LogP contribution in [0.1, 0.15) is 35.3 Å². The summed E-state index contributed by atoms with van der Waals surface area (Å²) in [5.41, 5.74) is 1.37. The van der Waals surface area contributed by atoms with Crippen molar-refractivity contribution in [3.8, 4) is 0 Å². The zero-order valence-electron chi connectivity index (χ0n) is 16.1. The van der Waals surface area contributed by atoms with Crippen LogP contribution in [0.15, 0.2) is 53.4 Å². The third-order valence-corrected chi connectivity index (χ3v) is 5.35. The van der Waals surface area contributed by atoms with E-state index in [1.807, 2.05) is 30.3 Å². The SMILES string of the molecule is Cc1ccc(C(=O)OCC(=O)NC(C)C)cc1S(=O)(=O)NCc1ccccc1. The fourth-order valence-electron chi connectivity index (χ4n) is 2.45. The van der Waals surface area contributed by atoms with Crippen molar-refractivity contribution in [3.05, 3.63) is 65.2 Å². The van der Waals surface area contributed by atoms with E-state index in [1.165, 1.54) is 18.2 Å². The molecule has 2 aromatic rings. The van der Waals surface area contributed by atoms with E-state index in [1.54, 1.807) is 20.8 Å². The van der Waals surface area contributed by atoms with Gasteiger partial charge >= 0.3 is 5.97 Å². The van der Waals surface area contributed by atoms with Crippen molar-refractivity contribution < 1.29 is 22.7 Å². The highest BCUT2D eigenvalue weighted by Gasteiger charge is 2.20. The lowest BCUT2D eigenvalue weighted by atomic mass is 10.1. The molecule has 1 amide bonds. The van der Waals surface area contributed by atoms with Crippen LogP contribution in [0.3, 0.4) is 0 Å². The Labute approximate surface area is 165 Å². The zero-order chi connectivity index (χ0) is 20.7. The van der Waals surface area contributed by atoms with Gasteiger partial charge in [0.25, 0.3) is 5.91 Å². The molecule has 7 nitrogen and oxygen atoms in total. The molecule has 0 bridgehead atoms. The summed E-state index contributed by atoms with van der Waals surface area (Å²) in [6.07, 6.45) is 0. The fourth-order valence-corrected chi connectivity index (χ4v) is 3.73. The minimum Gasteiger partial charge on any atom is -0.452 e. The van der Waals surface area contributed by atoms with Crippen LogP contribution < -0.4 is 10.0 Å². The number of hydrogen-bond acceptors (Lipinski definition) is 5. The van der Waals surface area contributed by atoms with Gasteiger partial charge in [-0.05, 0) is 44.0 Å². The van der Waals surface area contributed by atoms with E-state index in [9.17, 15) is 18.0 Å². The number of carbonyl (C=O) groups excluding carboxylic acids is 2. The molecule has 150 valence electrons. The van der Waals surface area contributed by atoms with Crippen LogP contribution in [0.5, 0.6) is 0 Å². The molecule has 0 radical (unpaired) electrons. The number of nitrogens with one attached hydrogen (secondary N) is 2. The molecule has 2 aromatic carbocycles. The molecule has 0 spiro atoms. The molecule has 0 unspecified atom stereocenters. The second-order valence-electron chi connectivity index (χ2n) is 6.59. The van der Waals surface area contributed by atoms with Gasteiger partial charge in [-0.1, -0.05) is 36.4 Å². The van der Waals surface area contributed by atoms with Crippen LogP contribution in [0.25, 0.3) is 0 Å². The Balaban J connectivity index is 2.11. The van der Waals surface area contributed by atoms with Crippen LogP contribution >= 0.6 is 0 Å². The minimum atomic E-state index is -3.83. The smallest absolute Gasteiger partial charge is 0.338 e. The van der Waals surface area contributed by atoms with Crippen molar-refractivity contribution >= 4 is 21.9 Å². The van der Waals surface area contributed by atoms with Gasteiger partial charge in [0.2, 0.25) is 10.0 Å². The van der Waals surface area contributed by atoms with Gasteiger partial charge in [0.05, 0.1) is 10.5 Å². The Morgan fingerprint density at radius 1 is 1.07 bits per heavy atom. The first-order valence-corrected chi connectivity index (χ1v) is 10.3. The summed E-state index contributed by atoms with van der Waals surface area (Å²) in [6.45, 7) is 4.92. The highest BCUT2D eigenvalue weighted by molar-refractivity contribution is 7.89. The molecule has 2 N–H and O–H groups in total. The first kappa shape index (κ1) is 21.6. The predicted molar refractivity (Wildman–Crippen MR) is 105 cm³/mol. The monoisotopic (exact) mass is 404 g/mol. The fraction of sp³-hybridized carbons (Fsp3) is 0.300. The first-order valence-electron chi connectivity index (χ1n) is 8.80. The van der Waals surface area contributed by atoms with Crippen molar-refractivity contribution in [2.45, 2.75) is 38.3 Å². The van der Waals surface area contributed by atoms with E-state index in [0.717, 1.165) is 5.56 Å². The molecule has 28 heavy (non-hydrogen) atoms. The summed E-state index contributed by atoms with van der Waals surface area (Å²) in [4.78, 5) is 23.8. The Morgan fingerprint density at radius 2 is 1.75 bits per heavy atom. The van der Waals surface area contributed by atoms with Gasteiger partial charge < -0.3 is 10.1 Å². The Kier molecular flexibility index (Phi) is 7.31. The second-order valence-corrected chi connectivity index (χ2v) is 8.32. The van der Waals surface area contributed by atoms with Crippen molar-refractivity contribution in [1.29, 1.82) is 0 Å². The molecule has 0 saturated carbocycles. The van der Waals surface area contributed by atoms with E-state index < -0.39 is 28.5 Å². The number of benzene rings is 2. The normalized spacial score (nSPS) is 11.3. The number of esters is 1. The summed E-state index contributed by atoms with van der Waals surface area (Å²) in [7, 11) is -3.83. The minimum absolute atomic E-state index is 0.00971. The molecule has 0 aromatic heterocycles. The first-order chi connectivity index (χ1) is 13.2. The molecule has 0 aliphatic heterocycles. The number of ether oxygens (including phenoxy) is 1. The highest BCUT2D eigenvalue weighted by atomic mass is 32.2. The van der Waals surface area contributed by atoms with E-state index in [-0.39, 0.29) is 23.0 Å². The highest BCUT2D eigenvalue weighted by Crippen LogP contribution is 2.18. The second kappa shape index (κ2) is 9.48. The summed E-state index contributed by atoms with van der Waals surface area (Å²) in [5, 5.41) is 2.60. The van der Waals surface area contributed by atoms with Gasteiger partial charge in [0.1, 0.15) is 0 Å². The molecule has 0 aliphatic rings. The number of amides is 1. The third-order valence-electron chi connectivity index (χ3n) is 3.81. The lowest BCUT2D eigenvalue weighted by Crippen LogP contribution is -2.34. The van der Waals surface area contributed by atoms with Gasteiger partial charge in [0, 0.05) is 12.6 Å². The third kappa shape index (κ3) is 6.17. The van der Waals surface area contributed by atoms with Gasteiger partial charge in [-0.25, -0.2) is 17.9 Å². The van der Waals surface area contributed by atoms with Crippen LogP contribution in [0.4, 0.5) is 0 Å². The average Bonchev–Trinajstić information content (AvgIpc) is 2.65. The lowest BCUT2D eigenvalue weighted by molar-refractivity contribution is -0.124. The molecule has 0 heterocycles. The number of aryl methyl sites for hydroxylation is 1. The maximum absolute atomic E-state index is 12.7. The quantitative estimate of drug-likeness (QED) is 0.657. The molecule has 0 fully saturated rings. The van der Waals surface area contributed by atoms with Crippen molar-refractivity contribution in [1.82, 2.24) is 10.0 Å². The predicted octanol–water partition coefficient (Wildman–Crippen LogP) is 2.15. The van der Waals surface area contributed by atoms with Gasteiger partial charge in [-0.2, -0.15) is 0 Å². The number of hydrogen-bond donors (Lipinski definition) is 2. The largest absolute Gasteiger partial charge is 0.452 e. The molecular weight excluding hydrogens is 380 g/mol. The summed E-state index contributed by atoms with van der Waals surface area (Å²) < 4.78 is 32.8. The van der Waals surface area contributed by atoms with Gasteiger partial charge in [0.15, 0.2) is 6.61 Å². The van der Waals surface area contributed by atoms with Crippen LogP contribution in [0, 0.1) is 6.92 Å². The van der Waals surface area contributed by atoms with Crippen molar-refractivity contribution in [3.63, 3.8) is 0 Å². The Hall–Kier alpha value is -2.71. The van der Waals surface area contributed by atoms with Crippen LogP contribution in [-0.4, -0.2) is 32.9 Å². The van der Waals surface area contributed by atoms with Crippen molar-refractivity contribution in [2.75, 3.05) is 6.61 Å². The topological polar surface area (TPSA) is 102 Å².